The highest BCUT2D eigenvalue weighted by Crippen LogP contribution is 1.78. The second-order valence-corrected chi connectivity index (χ2v) is 3.83. The van der Waals surface area contributed by atoms with Gasteiger partial charge in [-0.15, -0.1) is 0 Å². The number of aliphatic imine (C=N–C) groups is 1. The number of rotatable bonds is 4. The largest absolute Gasteiger partial charge is 0.370 e. The fraction of sp³-hybridized carbons (Fsp3) is 0.833. The first-order valence-corrected chi connectivity index (χ1v) is 5.00. The van der Waals surface area contributed by atoms with Gasteiger partial charge in [0.25, 0.3) is 0 Å². The Morgan fingerprint density at radius 2 is 2.36 bits per heavy atom. The fourth-order valence-corrected chi connectivity index (χ4v) is 1.13. The van der Waals surface area contributed by atoms with E-state index in [1.807, 2.05) is 6.92 Å². The summed E-state index contributed by atoms with van der Waals surface area (Å²) in [5, 5.41) is 2.83. The molecule has 4 nitrogen and oxygen atoms in total. The lowest BCUT2D eigenvalue weighted by atomic mass is 10.7. The zero-order valence-corrected chi connectivity index (χ0v) is 7.78. The van der Waals surface area contributed by atoms with Crippen LogP contribution < -0.4 is 11.1 Å². The maximum absolute atomic E-state index is 10.9. The van der Waals surface area contributed by atoms with Crippen molar-refractivity contribution in [2.75, 3.05) is 25.1 Å². The van der Waals surface area contributed by atoms with Gasteiger partial charge in [0.15, 0.2) is 5.96 Å². The lowest BCUT2D eigenvalue weighted by molar-refractivity contribution is 0.682. The third-order valence-electron chi connectivity index (χ3n) is 1.20. The normalized spacial score (nSPS) is 14.5. The summed E-state index contributed by atoms with van der Waals surface area (Å²) in [6.45, 7) is 2.52. The Kier molecular flexibility index (Phi) is 5.83. The van der Waals surface area contributed by atoms with Gasteiger partial charge in [0.2, 0.25) is 0 Å². The third kappa shape index (κ3) is 5.84. The van der Waals surface area contributed by atoms with E-state index in [0.29, 0.717) is 24.0 Å². The maximum atomic E-state index is 10.9. The fourth-order valence-electron chi connectivity index (χ4n) is 0.516. The minimum atomic E-state index is -0.718. The van der Waals surface area contributed by atoms with Crippen LogP contribution in [0.4, 0.5) is 0 Å². The van der Waals surface area contributed by atoms with Crippen molar-refractivity contribution in [3.05, 3.63) is 0 Å². The van der Waals surface area contributed by atoms with E-state index >= 15 is 0 Å². The molecule has 0 rings (SSSR count). The Morgan fingerprint density at radius 3 is 2.82 bits per heavy atom. The van der Waals surface area contributed by atoms with Crippen molar-refractivity contribution in [2.45, 2.75) is 6.92 Å². The maximum Gasteiger partial charge on any atom is 0.188 e. The summed E-state index contributed by atoms with van der Waals surface area (Å²) in [4.78, 5) is 3.70. The molecule has 1 unspecified atom stereocenters. The highest BCUT2D eigenvalue weighted by Gasteiger charge is 1.94. The van der Waals surface area contributed by atoms with E-state index in [4.69, 9.17) is 5.73 Å². The molecule has 0 aliphatic heterocycles. The number of nitrogens with one attached hydrogen (secondary N) is 1. The van der Waals surface area contributed by atoms with Crippen molar-refractivity contribution in [2.24, 2.45) is 10.7 Å². The van der Waals surface area contributed by atoms with Crippen LogP contribution in [0.1, 0.15) is 6.92 Å². The lowest BCUT2D eigenvalue weighted by Gasteiger charge is -2.02. The summed E-state index contributed by atoms with van der Waals surface area (Å²) in [5.74, 6) is 1.73. The van der Waals surface area contributed by atoms with Gasteiger partial charge in [-0.25, -0.2) is 0 Å². The van der Waals surface area contributed by atoms with Crippen molar-refractivity contribution in [1.29, 1.82) is 0 Å². The first-order valence-electron chi connectivity index (χ1n) is 3.51. The number of nitrogens with two attached hydrogens (primary N) is 1. The van der Waals surface area contributed by atoms with E-state index in [0.717, 1.165) is 0 Å². The van der Waals surface area contributed by atoms with Crippen molar-refractivity contribution >= 4 is 16.8 Å². The average molecular weight is 177 g/mol. The molecule has 0 bridgehead atoms. The van der Waals surface area contributed by atoms with Gasteiger partial charge < -0.3 is 11.1 Å². The van der Waals surface area contributed by atoms with E-state index < -0.39 is 10.8 Å². The molecule has 0 amide bonds. The van der Waals surface area contributed by atoms with E-state index in [-0.39, 0.29) is 0 Å². The number of guanidine groups is 1. The molecule has 0 aromatic heterocycles. The smallest absolute Gasteiger partial charge is 0.188 e. The molecule has 0 saturated carbocycles. The third-order valence-corrected chi connectivity index (χ3v) is 2.50. The van der Waals surface area contributed by atoms with Crippen LogP contribution in [-0.2, 0) is 10.8 Å². The molecule has 0 saturated heterocycles. The number of hydrogen-bond donors (Lipinski definition) is 2. The Balaban J connectivity index is 3.35. The van der Waals surface area contributed by atoms with Crippen molar-refractivity contribution < 1.29 is 4.21 Å². The summed E-state index contributed by atoms with van der Waals surface area (Å²) >= 11 is 0. The van der Waals surface area contributed by atoms with Gasteiger partial charge in [-0.3, -0.25) is 9.20 Å². The zero-order valence-electron chi connectivity index (χ0n) is 6.96. The Bertz CT molecular complexity index is 158. The molecular formula is C6H15N3OS. The predicted octanol–water partition coefficient (Wildman–Crippen LogP) is -0.711. The van der Waals surface area contributed by atoms with Crippen molar-refractivity contribution in [3.8, 4) is 0 Å². The predicted molar refractivity (Wildman–Crippen MR) is 49.1 cm³/mol. The molecule has 3 N–H and O–H groups in total. The van der Waals surface area contributed by atoms with E-state index in [9.17, 15) is 4.21 Å². The topological polar surface area (TPSA) is 67.5 Å². The molecular weight excluding hydrogens is 162 g/mol. The summed E-state index contributed by atoms with van der Waals surface area (Å²) in [6, 6.07) is 0. The van der Waals surface area contributed by atoms with Crippen molar-refractivity contribution in [3.63, 3.8) is 0 Å². The van der Waals surface area contributed by atoms with Crippen LogP contribution in [0.15, 0.2) is 4.99 Å². The Hall–Kier alpha value is -0.580. The van der Waals surface area contributed by atoms with Crippen LogP contribution in [-0.4, -0.2) is 35.3 Å². The lowest BCUT2D eigenvalue weighted by Crippen LogP contribution is -2.34. The van der Waals surface area contributed by atoms with Gasteiger partial charge in [0.05, 0.1) is 0 Å². The molecule has 0 heterocycles. The second-order valence-electron chi connectivity index (χ2n) is 1.97. The summed E-state index contributed by atoms with van der Waals surface area (Å²) in [5.41, 5.74) is 5.34. The monoisotopic (exact) mass is 177 g/mol. The Morgan fingerprint density at radius 1 is 1.73 bits per heavy atom. The van der Waals surface area contributed by atoms with E-state index in [1.165, 1.54) is 0 Å². The number of hydrogen-bond acceptors (Lipinski definition) is 2. The van der Waals surface area contributed by atoms with Gasteiger partial charge in [0.1, 0.15) is 0 Å². The van der Waals surface area contributed by atoms with Gasteiger partial charge in [-0.05, 0) is 0 Å². The molecule has 0 aliphatic rings. The van der Waals surface area contributed by atoms with Gasteiger partial charge in [-0.2, -0.15) is 0 Å². The van der Waals surface area contributed by atoms with E-state index in [2.05, 4.69) is 10.3 Å². The van der Waals surface area contributed by atoms with Crippen LogP contribution in [0.25, 0.3) is 0 Å². The highest BCUT2D eigenvalue weighted by molar-refractivity contribution is 7.84. The molecule has 0 spiro atoms. The van der Waals surface area contributed by atoms with Crippen LogP contribution in [0.2, 0.25) is 0 Å². The van der Waals surface area contributed by atoms with Gasteiger partial charge in [-0.1, -0.05) is 6.92 Å². The molecule has 0 fully saturated rings. The Labute approximate surface area is 69.7 Å². The molecule has 11 heavy (non-hydrogen) atoms. The van der Waals surface area contributed by atoms with Crippen molar-refractivity contribution in [1.82, 2.24) is 5.32 Å². The molecule has 0 aliphatic carbocycles. The van der Waals surface area contributed by atoms with Crippen LogP contribution >= 0.6 is 0 Å². The molecule has 1 atom stereocenters. The summed E-state index contributed by atoms with van der Waals surface area (Å²) < 4.78 is 10.9. The summed E-state index contributed by atoms with van der Waals surface area (Å²) in [6.07, 6.45) is 0. The zero-order chi connectivity index (χ0) is 8.69. The average Bonchev–Trinajstić information content (AvgIpc) is 2.04. The SMILES string of the molecule is CCS(=O)CCNC(N)=NC. The summed E-state index contributed by atoms with van der Waals surface area (Å²) in [7, 11) is 0.892. The molecule has 0 aromatic carbocycles. The van der Waals surface area contributed by atoms with E-state index in [1.54, 1.807) is 7.05 Å². The molecule has 0 aromatic rings. The first-order chi connectivity index (χ1) is 5.20. The van der Waals surface area contributed by atoms with Crippen LogP contribution in [0.3, 0.4) is 0 Å². The van der Waals surface area contributed by atoms with Gasteiger partial charge in [0, 0.05) is 35.9 Å². The minimum absolute atomic E-state index is 0.401. The second kappa shape index (κ2) is 6.15. The van der Waals surface area contributed by atoms with Gasteiger partial charge >= 0.3 is 0 Å². The molecule has 5 heteroatoms. The standard InChI is InChI=1S/C6H15N3OS/c1-3-11(10)5-4-9-6(7)8-2/h3-5H2,1-2H3,(H3,7,8,9). The van der Waals surface area contributed by atoms with Crippen LogP contribution in [0.5, 0.6) is 0 Å². The minimum Gasteiger partial charge on any atom is -0.370 e. The first kappa shape index (κ1) is 10.4. The quantitative estimate of drug-likeness (QED) is 0.440. The highest BCUT2D eigenvalue weighted by atomic mass is 32.2. The molecule has 66 valence electrons. The molecule has 0 radical (unpaired) electrons. The van der Waals surface area contributed by atoms with Crippen LogP contribution in [0, 0.1) is 0 Å². The number of nitrogens with zero attached hydrogens (tertiary/aromatic N) is 1.